The predicted octanol–water partition coefficient (Wildman–Crippen LogP) is 3.51. The number of hydrogen-bond acceptors (Lipinski definition) is 4. The number of nitrogens with zero attached hydrogens (tertiary/aromatic N) is 2. The molecular weight excluding hydrogens is 336 g/mol. The molecule has 0 saturated carbocycles. The molecule has 0 atom stereocenters. The second kappa shape index (κ2) is 6.56. The highest BCUT2D eigenvalue weighted by molar-refractivity contribution is 7.10. The molecule has 0 spiro atoms. The van der Waals surface area contributed by atoms with Crippen LogP contribution in [0.25, 0.3) is 11.0 Å². The van der Waals surface area contributed by atoms with E-state index in [1.165, 1.54) is 11.4 Å². The number of aromatic nitrogens is 2. The predicted molar refractivity (Wildman–Crippen MR) is 87.7 cm³/mol. The van der Waals surface area contributed by atoms with Crippen molar-refractivity contribution in [1.29, 1.82) is 0 Å². The zero-order valence-electron chi connectivity index (χ0n) is 13.0. The summed E-state index contributed by atoms with van der Waals surface area (Å²) in [5.74, 6) is 0.226. The number of methoxy groups -OCH3 is 1. The molecule has 1 amide bonds. The number of rotatable bonds is 5. The minimum atomic E-state index is -2.57. The van der Waals surface area contributed by atoms with E-state index >= 15 is 0 Å². The first kappa shape index (κ1) is 16.4. The summed E-state index contributed by atoms with van der Waals surface area (Å²) in [5, 5.41) is 4.18. The Hall–Kier alpha value is -2.48. The zero-order valence-corrected chi connectivity index (χ0v) is 13.9. The van der Waals surface area contributed by atoms with Gasteiger partial charge in [-0.15, -0.1) is 11.3 Å². The average Bonchev–Trinajstić information content (AvgIpc) is 3.20. The molecule has 0 unspecified atom stereocenters. The Morgan fingerprint density at radius 2 is 2.25 bits per heavy atom. The van der Waals surface area contributed by atoms with Crippen molar-refractivity contribution in [3.8, 4) is 5.75 Å². The molecular formula is C16H15F2N3O2S. The van der Waals surface area contributed by atoms with Crippen LogP contribution in [0.1, 0.15) is 27.2 Å². The smallest absolute Gasteiger partial charge is 0.272 e. The van der Waals surface area contributed by atoms with Crippen molar-refractivity contribution in [3.63, 3.8) is 0 Å². The quantitative estimate of drug-likeness (QED) is 0.765. The third-order valence-electron chi connectivity index (χ3n) is 3.68. The number of alkyl halides is 2. The van der Waals surface area contributed by atoms with Crippen LogP contribution in [0.5, 0.6) is 5.75 Å². The van der Waals surface area contributed by atoms with Gasteiger partial charge in [0.05, 0.1) is 34.9 Å². The second-order valence-corrected chi connectivity index (χ2v) is 6.13. The second-order valence-electron chi connectivity index (χ2n) is 5.19. The fourth-order valence-corrected chi connectivity index (χ4v) is 3.26. The number of aryl methyl sites for hydroxylation is 1. The van der Waals surface area contributed by atoms with Crippen LogP contribution >= 0.6 is 11.3 Å². The largest absolute Gasteiger partial charge is 0.496 e. The third-order valence-corrected chi connectivity index (χ3v) is 4.62. The Morgan fingerprint density at radius 1 is 1.46 bits per heavy atom. The maximum absolute atomic E-state index is 12.6. The van der Waals surface area contributed by atoms with Crippen LogP contribution < -0.4 is 10.1 Å². The van der Waals surface area contributed by atoms with Gasteiger partial charge in [-0.2, -0.15) is 0 Å². The topological polar surface area (TPSA) is 56.1 Å². The van der Waals surface area contributed by atoms with E-state index in [1.807, 2.05) is 17.7 Å². The first-order valence-corrected chi connectivity index (χ1v) is 8.01. The number of benzene rings is 1. The lowest BCUT2D eigenvalue weighted by atomic mass is 10.1. The minimum absolute atomic E-state index is 0.119. The molecule has 1 N–H and O–H groups in total. The van der Waals surface area contributed by atoms with Crippen molar-refractivity contribution >= 4 is 28.3 Å². The summed E-state index contributed by atoms with van der Waals surface area (Å²) in [6.07, 6.45) is -0.886. The summed E-state index contributed by atoms with van der Waals surface area (Å²) < 4.78 is 32.5. The standard InChI is InChI=1S/C16H15F2N3O2S/c1-21-8-20-11-3-4-12(23-2)10(14(11)21)6-19-16(22)9-5-13(15(17)18)24-7-9/h3-5,7-8,15H,6H2,1-2H3,(H,19,22). The van der Waals surface area contributed by atoms with Crippen LogP contribution in [-0.2, 0) is 13.6 Å². The highest BCUT2D eigenvalue weighted by Gasteiger charge is 2.16. The first-order valence-electron chi connectivity index (χ1n) is 7.13. The SMILES string of the molecule is COc1ccc2ncn(C)c2c1CNC(=O)c1csc(C(F)F)c1. The molecule has 0 fully saturated rings. The molecule has 2 heterocycles. The third kappa shape index (κ3) is 2.96. The lowest BCUT2D eigenvalue weighted by Gasteiger charge is -2.12. The van der Waals surface area contributed by atoms with Gasteiger partial charge in [-0.05, 0) is 18.2 Å². The number of nitrogens with one attached hydrogen (secondary N) is 1. The molecule has 3 rings (SSSR count). The van der Waals surface area contributed by atoms with Gasteiger partial charge in [0.25, 0.3) is 12.3 Å². The van der Waals surface area contributed by atoms with Crippen LogP contribution in [0.2, 0.25) is 0 Å². The molecule has 0 aliphatic carbocycles. The maximum Gasteiger partial charge on any atom is 0.272 e. The summed E-state index contributed by atoms with van der Waals surface area (Å²) in [5.41, 5.74) is 2.66. The van der Waals surface area contributed by atoms with E-state index in [9.17, 15) is 13.6 Å². The fraction of sp³-hybridized carbons (Fsp3) is 0.250. The summed E-state index contributed by atoms with van der Waals surface area (Å²) >= 11 is 0.872. The number of imidazole rings is 1. The highest BCUT2D eigenvalue weighted by Crippen LogP contribution is 2.28. The lowest BCUT2D eigenvalue weighted by Crippen LogP contribution is -2.23. The number of halogens is 2. The van der Waals surface area contributed by atoms with E-state index in [1.54, 1.807) is 19.5 Å². The van der Waals surface area contributed by atoms with Crippen LogP contribution in [0.3, 0.4) is 0 Å². The molecule has 0 aliphatic rings. The highest BCUT2D eigenvalue weighted by atomic mass is 32.1. The van der Waals surface area contributed by atoms with E-state index in [2.05, 4.69) is 10.3 Å². The molecule has 2 aromatic heterocycles. The van der Waals surface area contributed by atoms with E-state index < -0.39 is 12.3 Å². The minimum Gasteiger partial charge on any atom is -0.496 e. The van der Waals surface area contributed by atoms with Crippen molar-refractivity contribution < 1.29 is 18.3 Å². The van der Waals surface area contributed by atoms with Gasteiger partial charge in [0.15, 0.2) is 0 Å². The van der Waals surface area contributed by atoms with Crippen molar-refractivity contribution in [2.45, 2.75) is 13.0 Å². The Balaban J connectivity index is 1.84. The number of amides is 1. The van der Waals surface area contributed by atoms with Crippen molar-refractivity contribution in [2.75, 3.05) is 7.11 Å². The summed E-state index contributed by atoms with van der Waals surface area (Å²) in [6.45, 7) is 0.207. The van der Waals surface area contributed by atoms with Gasteiger partial charge in [0.2, 0.25) is 0 Å². The van der Waals surface area contributed by atoms with Crippen LogP contribution in [0.15, 0.2) is 29.9 Å². The molecule has 5 nitrogen and oxygen atoms in total. The van der Waals surface area contributed by atoms with Crippen LogP contribution in [-0.4, -0.2) is 22.6 Å². The number of hydrogen-bond donors (Lipinski definition) is 1. The molecule has 1 aromatic carbocycles. The van der Waals surface area contributed by atoms with Gasteiger partial charge >= 0.3 is 0 Å². The van der Waals surface area contributed by atoms with E-state index in [4.69, 9.17) is 4.74 Å². The van der Waals surface area contributed by atoms with Gasteiger partial charge in [0.1, 0.15) is 5.75 Å². The van der Waals surface area contributed by atoms with Crippen molar-refractivity contribution in [1.82, 2.24) is 14.9 Å². The Morgan fingerprint density at radius 3 is 2.92 bits per heavy atom. The molecule has 0 bridgehead atoms. The van der Waals surface area contributed by atoms with Gasteiger partial charge in [0, 0.05) is 24.5 Å². The van der Waals surface area contributed by atoms with Crippen molar-refractivity contribution in [2.24, 2.45) is 7.05 Å². The zero-order chi connectivity index (χ0) is 17.3. The summed E-state index contributed by atoms with van der Waals surface area (Å²) in [4.78, 5) is 16.4. The van der Waals surface area contributed by atoms with Crippen LogP contribution in [0.4, 0.5) is 8.78 Å². The van der Waals surface area contributed by atoms with Crippen molar-refractivity contribution in [3.05, 3.63) is 45.9 Å². The molecule has 8 heteroatoms. The molecule has 24 heavy (non-hydrogen) atoms. The summed E-state index contributed by atoms with van der Waals surface area (Å²) in [7, 11) is 3.41. The lowest BCUT2D eigenvalue weighted by molar-refractivity contribution is 0.0951. The average molecular weight is 351 g/mol. The van der Waals surface area contributed by atoms with E-state index in [0.29, 0.717) is 5.75 Å². The number of fused-ring (bicyclic) bond motifs is 1. The molecule has 3 aromatic rings. The molecule has 0 saturated heterocycles. The summed E-state index contributed by atoms with van der Waals surface area (Å²) in [6, 6.07) is 4.84. The normalized spacial score (nSPS) is 11.2. The number of carbonyl (C=O) groups excluding carboxylic acids is 1. The Kier molecular flexibility index (Phi) is 4.48. The van der Waals surface area contributed by atoms with Gasteiger partial charge in [-0.3, -0.25) is 4.79 Å². The molecule has 0 radical (unpaired) electrons. The Bertz CT molecular complexity index is 889. The fourth-order valence-electron chi connectivity index (χ4n) is 2.53. The number of ether oxygens (including phenoxy) is 1. The van der Waals surface area contributed by atoms with Crippen LogP contribution in [0, 0.1) is 0 Å². The van der Waals surface area contributed by atoms with Gasteiger partial charge in [-0.25, -0.2) is 13.8 Å². The first-order chi connectivity index (χ1) is 11.5. The van der Waals surface area contributed by atoms with Gasteiger partial charge < -0.3 is 14.6 Å². The number of carbonyl (C=O) groups is 1. The number of thiophene rings is 1. The van der Waals surface area contributed by atoms with Gasteiger partial charge in [-0.1, -0.05) is 0 Å². The maximum atomic E-state index is 12.6. The molecule has 126 valence electrons. The monoisotopic (exact) mass is 351 g/mol. The Labute approximate surface area is 140 Å². The molecule has 0 aliphatic heterocycles. The van der Waals surface area contributed by atoms with E-state index in [0.717, 1.165) is 27.9 Å². The van der Waals surface area contributed by atoms with E-state index in [-0.39, 0.29) is 17.0 Å².